The molecule has 0 aliphatic heterocycles. The van der Waals surface area contributed by atoms with E-state index in [1.165, 1.54) is 17.5 Å². The fraction of sp³-hybridized carbons (Fsp3) is 0.333. The van der Waals surface area contributed by atoms with Gasteiger partial charge in [-0.1, -0.05) is 0 Å². The van der Waals surface area contributed by atoms with Gasteiger partial charge in [-0.2, -0.15) is 0 Å². The Balaban J connectivity index is 2.36. The third kappa shape index (κ3) is 4.46. The number of hydrogen-bond acceptors (Lipinski definition) is 4. The van der Waals surface area contributed by atoms with Crippen molar-refractivity contribution in [1.29, 1.82) is 0 Å². The predicted molar refractivity (Wildman–Crippen MR) is 103 cm³/mol. The van der Waals surface area contributed by atoms with Gasteiger partial charge in [0.05, 0.1) is 28.3 Å². The molecule has 2 aromatic rings. The number of hydrogen-bond donors (Lipinski definition) is 0. The average Bonchev–Trinajstić information content (AvgIpc) is 2.56. The van der Waals surface area contributed by atoms with E-state index >= 15 is 0 Å². The highest BCUT2D eigenvalue weighted by Gasteiger charge is 2.24. The van der Waals surface area contributed by atoms with E-state index in [1.54, 1.807) is 43.3 Å². The van der Waals surface area contributed by atoms with Gasteiger partial charge < -0.3 is 9.47 Å². The Morgan fingerprint density at radius 3 is 2.24 bits per heavy atom. The van der Waals surface area contributed by atoms with Crippen molar-refractivity contribution in [3.05, 3.63) is 46.9 Å². The molecule has 136 valence electrons. The molecule has 0 saturated heterocycles. The van der Waals surface area contributed by atoms with Gasteiger partial charge in [-0.25, -0.2) is 8.42 Å². The lowest BCUT2D eigenvalue weighted by Gasteiger charge is -2.23. The first kappa shape index (κ1) is 19.6. The van der Waals surface area contributed by atoms with Crippen LogP contribution in [-0.4, -0.2) is 28.2 Å². The highest BCUT2D eigenvalue weighted by molar-refractivity contribution is 9.10. The molecule has 2 rings (SSSR count). The maximum absolute atomic E-state index is 13.0. The van der Waals surface area contributed by atoms with E-state index in [9.17, 15) is 8.42 Å². The SMILES string of the molecule is CCN(c1ccc(OC(C)C)cc1)S(=O)(=O)c1ccc(OC)c(Br)c1. The second-order valence-corrected chi connectivity index (χ2v) is 8.34. The van der Waals surface area contributed by atoms with Crippen molar-refractivity contribution >= 4 is 31.6 Å². The molecule has 0 atom stereocenters. The summed E-state index contributed by atoms with van der Waals surface area (Å²) in [5.74, 6) is 1.29. The summed E-state index contributed by atoms with van der Waals surface area (Å²) in [5.41, 5.74) is 0.588. The molecular formula is C18H22BrNO4S. The minimum Gasteiger partial charge on any atom is -0.496 e. The number of anilines is 1. The van der Waals surface area contributed by atoms with Crippen LogP contribution in [0.15, 0.2) is 51.8 Å². The molecule has 0 saturated carbocycles. The number of ether oxygens (including phenoxy) is 2. The van der Waals surface area contributed by atoms with Crippen molar-refractivity contribution in [2.75, 3.05) is 18.0 Å². The fourth-order valence-electron chi connectivity index (χ4n) is 2.39. The van der Waals surface area contributed by atoms with Crippen LogP contribution >= 0.6 is 15.9 Å². The molecule has 0 spiro atoms. The molecular weight excluding hydrogens is 406 g/mol. The van der Waals surface area contributed by atoms with Gasteiger partial charge in [-0.15, -0.1) is 0 Å². The highest BCUT2D eigenvalue weighted by atomic mass is 79.9. The zero-order chi connectivity index (χ0) is 18.6. The number of benzene rings is 2. The summed E-state index contributed by atoms with van der Waals surface area (Å²) in [6.45, 7) is 6.00. The number of nitrogens with zero attached hydrogens (tertiary/aromatic N) is 1. The Bertz CT molecular complexity index is 819. The van der Waals surface area contributed by atoms with Gasteiger partial charge in [0.2, 0.25) is 0 Å². The average molecular weight is 428 g/mol. The monoisotopic (exact) mass is 427 g/mol. The van der Waals surface area contributed by atoms with Gasteiger partial charge in [-0.05, 0) is 79.2 Å². The van der Waals surface area contributed by atoms with Crippen molar-refractivity contribution in [1.82, 2.24) is 0 Å². The summed E-state index contributed by atoms with van der Waals surface area (Å²) < 4.78 is 38.7. The lowest BCUT2D eigenvalue weighted by molar-refractivity contribution is 0.242. The van der Waals surface area contributed by atoms with Crippen LogP contribution < -0.4 is 13.8 Å². The smallest absolute Gasteiger partial charge is 0.264 e. The second-order valence-electron chi connectivity index (χ2n) is 5.63. The second kappa shape index (κ2) is 8.10. The third-order valence-electron chi connectivity index (χ3n) is 3.49. The normalized spacial score (nSPS) is 11.4. The molecule has 7 heteroatoms. The van der Waals surface area contributed by atoms with Crippen molar-refractivity contribution in [3.63, 3.8) is 0 Å². The first-order valence-corrected chi connectivity index (χ1v) is 10.2. The van der Waals surface area contributed by atoms with Crippen LogP contribution in [0.2, 0.25) is 0 Å². The summed E-state index contributed by atoms with van der Waals surface area (Å²) in [6.07, 6.45) is 0.0634. The molecule has 0 bridgehead atoms. The first-order valence-electron chi connectivity index (χ1n) is 7.92. The molecule has 25 heavy (non-hydrogen) atoms. The van der Waals surface area contributed by atoms with Crippen LogP contribution in [0.25, 0.3) is 0 Å². The molecule has 2 aromatic carbocycles. The topological polar surface area (TPSA) is 55.8 Å². The van der Waals surface area contributed by atoms with E-state index < -0.39 is 10.0 Å². The lowest BCUT2D eigenvalue weighted by atomic mass is 10.3. The Kier molecular flexibility index (Phi) is 6.35. The quantitative estimate of drug-likeness (QED) is 0.654. The molecule has 0 unspecified atom stereocenters. The lowest BCUT2D eigenvalue weighted by Crippen LogP contribution is -2.30. The van der Waals surface area contributed by atoms with Gasteiger partial charge in [0.15, 0.2) is 0 Å². The molecule has 0 radical (unpaired) electrons. The molecule has 0 amide bonds. The van der Waals surface area contributed by atoms with Gasteiger partial charge in [-0.3, -0.25) is 4.31 Å². The van der Waals surface area contributed by atoms with Crippen LogP contribution in [0, 0.1) is 0 Å². The van der Waals surface area contributed by atoms with E-state index in [4.69, 9.17) is 9.47 Å². The van der Waals surface area contributed by atoms with Crippen LogP contribution in [0.1, 0.15) is 20.8 Å². The van der Waals surface area contributed by atoms with Crippen molar-refractivity contribution in [2.24, 2.45) is 0 Å². The summed E-state index contributed by atoms with van der Waals surface area (Å²) in [5, 5.41) is 0. The molecule has 0 aromatic heterocycles. The Hall–Kier alpha value is -1.73. The van der Waals surface area contributed by atoms with Crippen LogP contribution in [0.5, 0.6) is 11.5 Å². The standard InChI is InChI=1S/C18H22BrNO4S/c1-5-20(14-6-8-15(9-7-14)24-13(2)3)25(21,22)16-10-11-18(23-4)17(19)12-16/h6-13H,5H2,1-4H3. The highest BCUT2D eigenvalue weighted by Crippen LogP contribution is 2.31. The minimum atomic E-state index is -3.68. The predicted octanol–water partition coefficient (Wildman–Crippen LogP) is 4.46. The van der Waals surface area contributed by atoms with E-state index in [0.29, 0.717) is 28.2 Å². The van der Waals surface area contributed by atoms with E-state index in [0.717, 1.165) is 0 Å². The molecule has 0 aliphatic rings. The van der Waals surface area contributed by atoms with Crippen LogP contribution in [0.4, 0.5) is 5.69 Å². The third-order valence-corrected chi connectivity index (χ3v) is 6.01. The Morgan fingerprint density at radius 2 is 1.76 bits per heavy atom. The summed E-state index contributed by atoms with van der Waals surface area (Å²) in [7, 11) is -2.15. The van der Waals surface area contributed by atoms with E-state index in [2.05, 4.69) is 15.9 Å². The molecule has 0 heterocycles. The fourth-order valence-corrected chi connectivity index (χ4v) is 4.58. The summed E-state index contributed by atoms with van der Waals surface area (Å²) in [6, 6.07) is 11.8. The molecule has 0 N–H and O–H groups in total. The van der Waals surface area contributed by atoms with Crippen molar-refractivity contribution < 1.29 is 17.9 Å². The van der Waals surface area contributed by atoms with Gasteiger partial charge in [0.25, 0.3) is 10.0 Å². The minimum absolute atomic E-state index is 0.0634. The maximum atomic E-state index is 13.0. The van der Waals surface area contributed by atoms with E-state index in [1.807, 2.05) is 13.8 Å². The zero-order valence-corrected chi connectivity index (χ0v) is 17.1. The molecule has 0 aliphatic carbocycles. The maximum Gasteiger partial charge on any atom is 0.264 e. The number of halogens is 1. The number of sulfonamides is 1. The van der Waals surface area contributed by atoms with Crippen LogP contribution in [0.3, 0.4) is 0 Å². The molecule has 5 nitrogen and oxygen atoms in total. The van der Waals surface area contributed by atoms with Gasteiger partial charge in [0.1, 0.15) is 11.5 Å². The Labute approximate surface area is 157 Å². The first-order chi connectivity index (χ1) is 11.8. The number of methoxy groups -OCH3 is 1. The zero-order valence-electron chi connectivity index (χ0n) is 14.7. The summed E-state index contributed by atoms with van der Waals surface area (Å²) in [4.78, 5) is 0.199. The number of rotatable bonds is 7. The Morgan fingerprint density at radius 1 is 1.12 bits per heavy atom. The van der Waals surface area contributed by atoms with Crippen molar-refractivity contribution in [2.45, 2.75) is 31.8 Å². The van der Waals surface area contributed by atoms with Gasteiger partial charge in [0, 0.05) is 6.54 Å². The van der Waals surface area contributed by atoms with Gasteiger partial charge >= 0.3 is 0 Å². The van der Waals surface area contributed by atoms with E-state index in [-0.39, 0.29) is 11.0 Å². The molecule has 0 fully saturated rings. The largest absolute Gasteiger partial charge is 0.496 e. The van der Waals surface area contributed by atoms with Crippen molar-refractivity contribution in [3.8, 4) is 11.5 Å². The summed E-state index contributed by atoms with van der Waals surface area (Å²) >= 11 is 3.33. The van der Waals surface area contributed by atoms with Crippen LogP contribution in [-0.2, 0) is 10.0 Å².